The summed E-state index contributed by atoms with van der Waals surface area (Å²) >= 11 is 0. The van der Waals surface area contributed by atoms with Crippen molar-refractivity contribution in [2.24, 2.45) is 5.73 Å². The summed E-state index contributed by atoms with van der Waals surface area (Å²) in [7, 11) is 0. The fraction of sp³-hybridized carbons (Fsp3) is 0.429. The largest absolute Gasteiger partial charge is 0.330 e. The molecule has 1 unspecified atom stereocenters. The van der Waals surface area contributed by atoms with E-state index in [1.165, 1.54) is 5.56 Å². The molecule has 96 valence electrons. The highest BCUT2D eigenvalue weighted by Crippen LogP contribution is 2.22. The van der Waals surface area contributed by atoms with Gasteiger partial charge in [-0.2, -0.15) is 5.10 Å². The van der Waals surface area contributed by atoms with Crippen LogP contribution in [0.5, 0.6) is 0 Å². The first-order chi connectivity index (χ1) is 8.74. The summed E-state index contributed by atoms with van der Waals surface area (Å²) in [5.74, 6) is 2.19. The number of aromatic amines is 1. The maximum absolute atomic E-state index is 5.49. The zero-order valence-corrected chi connectivity index (χ0v) is 11.0. The minimum absolute atomic E-state index is 0.585. The van der Waals surface area contributed by atoms with E-state index in [2.05, 4.69) is 53.3 Å². The molecule has 18 heavy (non-hydrogen) atoms. The Morgan fingerprint density at radius 2 is 2.00 bits per heavy atom. The Balaban J connectivity index is 2.17. The SMILES string of the molecule is CCC(C)c1ccc(-c2n[nH]c(CCN)n2)cc1. The van der Waals surface area contributed by atoms with Crippen molar-refractivity contribution in [3.8, 4) is 11.4 Å². The molecule has 2 rings (SSSR count). The van der Waals surface area contributed by atoms with Gasteiger partial charge in [0, 0.05) is 12.0 Å². The lowest BCUT2D eigenvalue weighted by Crippen LogP contribution is -2.03. The van der Waals surface area contributed by atoms with E-state index in [-0.39, 0.29) is 0 Å². The lowest BCUT2D eigenvalue weighted by molar-refractivity contribution is 0.734. The predicted molar refractivity (Wildman–Crippen MR) is 73.3 cm³/mol. The quantitative estimate of drug-likeness (QED) is 0.849. The molecule has 0 aliphatic heterocycles. The molecule has 1 atom stereocenters. The Labute approximate surface area is 108 Å². The van der Waals surface area contributed by atoms with Gasteiger partial charge in [-0.05, 0) is 24.4 Å². The van der Waals surface area contributed by atoms with Gasteiger partial charge in [0.25, 0.3) is 0 Å². The van der Waals surface area contributed by atoms with E-state index in [0.29, 0.717) is 12.5 Å². The molecule has 0 aliphatic carbocycles. The average molecular weight is 244 g/mol. The second-order valence-corrected chi connectivity index (χ2v) is 4.58. The molecule has 4 heteroatoms. The minimum atomic E-state index is 0.585. The number of hydrogen-bond donors (Lipinski definition) is 2. The number of nitrogens with two attached hydrogens (primary N) is 1. The van der Waals surface area contributed by atoms with Crippen molar-refractivity contribution >= 4 is 0 Å². The highest BCUT2D eigenvalue weighted by Gasteiger charge is 2.07. The number of rotatable bonds is 5. The van der Waals surface area contributed by atoms with Gasteiger partial charge in [-0.3, -0.25) is 5.10 Å². The van der Waals surface area contributed by atoms with Crippen molar-refractivity contribution in [2.75, 3.05) is 6.54 Å². The Bertz CT molecular complexity index is 487. The molecule has 3 N–H and O–H groups in total. The maximum Gasteiger partial charge on any atom is 0.181 e. The zero-order chi connectivity index (χ0) is 13.0. The fourth-order valence-electron chi connectivity index (χ4n) is 1.87. The van der Waals surface area contributed by atoms with Gasteiger partial charge < -0.3 is 5.73 Å². The van der Waals surface area contributed by atoms with Gasteiger partial charge in [0.05, 0.1) is 0 Å². The van der Waals surface area contributed by atoms with E-state index in [1.54, 1.807) is 0 Å². The number of benzene rings is 1. The molecule has 1 aromatic carbocycles. The van der Waals surface area contributed by atoms with Crippen LogP contribution in [0.2, 0.25) is 0 Å². The van der Waals surface area contributed by atoms with Crippen molar-refractivity contribution in [1.29, 1.82) is 0 Å². The van der Waals surface area contributed by atoms with Gasteiger partial charge in [0.1, 0.15) is 5.82 Å². The van der Waals surface area contributed by atoms with Gasteiger partial charge >= 0.3 is 0 Å². The molecule has 2 aromatic rings. The molecule has 0 bridgehead atoms. The van der Waals surface area contributed by atoms with Crippen LogP contribution >= 0.6 is 0 Å². The molecule has 0 fully saturated rings. The van der Waals surface area contributed by atoms with Crippen LogP contribution < -0.4 is 5.73 Å². The summed E-state index contributed by atoms with van der Waals surface area (Å²) < 4.78 is 0. The summed E-state index contributed by atoms with van der Waals surface area (Å²) in [5.41, 5.74) is 7.89. The smallest absolute Gasteiger partial charge is 0.181 e. The van der Waals surface area contributed by atoms with E-state index in [1.807, 2.05) is 0 Å². The van der Waals surface area contributed by atoms with E-state index in [9.17, 15) is 0 Å². The molecule has 0 spiro atoms. The van der Waals surface area contributed by atoms with Crippen molar-refractivity contribution in [1.82, 2.24) is 15.2 Å². The second-order valence-electron chi connectivity index (χ2n) is 4.58. The molecule has 1 aromatic heterocycles. The summed E-state index contributed by atoms with van der Waals surface area (Å²) in [6.45, 7) is 5.02. The fourth-order valence-corrected chi connectivity index (χ4v) is 1.87. The normalized spacial score (nSPS) is 12.6. The van der Waals surface area contributed by atoms with Crippen LogP contribution in [0.1, 0.15) is 37.6 Å². The van der Waals surface area contributed by atoms with E-state index >= 15 is 0 Å². The third-order valence-electron chi connectivity index (χ3n) is 3.26. The summed E-state index contributed by atoms with van der Waals surface area (Å²) in [6.07, 6.45) is 1.89. The average Bonchev–Trinajstić information content (AvgIpc) is 2.87. The van der Waals surface area contributed by atoms with Crippen molar-refractivity contribution in [3.63, 3.8) is 0 Å². The van der Waals surface area contributed by atoms with Gasteiger partial charge in [-0.15, -0.1) is 0 Å². The first kappa shape index (κ1) is 12.8. The highest BCUT2D eigenvalue weighted by atomic mass is 15.2. The van der Waals surface area contributed by atoms with E-state index in [4.69, 9.17) is 5.73 Å². The predicted octanol–water partition coefficient (Wildman–Crippen LogP) is 2.49. The lowest BCUT2D eigenvalue weighted by atomic mass is 9.97. The summed E-state index contributed by atoms with van der Waals surface area (Å²) in [6, 6.07) is 8.47. The Hall–Kier alpha value is -1.68. The Kier molecular flexibility index (Phi) is 4.10. The minimum Gasteiger partial charge on any atom is -0.330 e. The van der Waals surface area contributed by atoms with Crippen LogP contribution in [0.3, 0.4) is 0 Å². The number of aromatic nitrogens is 3. The van der Waals surface area contributed by atoms with E-state index < -0.39 is 0 Å². The molecule has 1 heterocycles. The van der Waals surface area contributed by atoms with Crippen LogP contribution in [0.4, 0.5) is 0 Å². The maximum atomic E-state index is 5.49. The van der Waals surface area contributed by atoms with Gasteiger partial charge in [-0.1, -0.05) is 38.1 Å². The number of nitrogens with zero attached hydrogens (tertiary/aromatic N) is 2. The first-order valence-electron chi connectivity index (χ1n) is 6.46. The topological polar surface area (TPSA) is 67.6 Å². The monoisotopic (exact) mass is 244 g/mol. The standard InChI is InChI=1S/C14H20N4/c1-3-10(2)11-4-6-12(7-5-11)14-16-13(8-9-15)17-18-14/h4-7,10H,3,8-9,15H2,1-2H3,(H,16,17,18). The van der Waals surface area contributed by atoms with E-state index in [0.717, 1.165) is 30.1 Å². The third kappa shape index (κ3) is 2.76. The molecule has 0 amide bonds. The Morgan fingerprint density at radius 1 is 1.28 bits per heavy atom. The van der Waals surface area contributed by atoms with Crippen LogP contribution in [-0.4, -0.2) is 21.7 Å². The Morgan fingerprint density at radius 3 is 2.61 bits per heavy atom. The summed E-state index contributed by atoms with van der Waals surface area (Å²) in [4.78, 5) is 4.42. The van der Waals surface area contributed by atoms with Gasteiger partial charge in [0.15, 0.2) is 5.82 Å². The molecular formula is C14H20N4. The van der Waals surface area contributed by atoms with Crippen LogP contribution in [0.15, 0.2) is 24.3 Å². The van der Waals surface area contributed by atoms with Gasteiger partial charge in [0.2, 0.25) is 0 Å². The van der Waals surface area contributed by atoms with Crippen LogP contribution in [0.25, 0.3) is 11.4 Å². The van der Waals surface area contributed by atoms with Crippen molar-refractivity contribution < 1.29 is 0 Å². The summed E-state index contributed by atoms with van der Waals surface area (Å²) in [5, 5.41) is 7.12. The van der Waals surface area contributed by atoms with Crippen LogP contribution in [-0.2, 0) is 6.42 Å². The third-order valence-corrected chi connectivity index (χ3v) is 3.26. The number of H-pyrrole nitrogens is 1. The number of nitrogens with one attached hydrogen (secondary N) is 1. The molecule has 0 aliphatic rings. The zero-order valence-electron chi connectivity index (χ0n) is 11.0. The highest BCUT2D eigenvalue weighted by molar-refractivity contribution is 5.55. The van der Waals surface area contributed by atoms with Crippen LogP contribution in [0, 0.1) is 0 Å². The molecular weight excluding hydrogens is 224 g/mol. The first-order valence-corrected chi connectivity index (χ1v) is 6.46. The van der Waals surface area contributed by atoms with Gasteiger partial charge in [-0.25, -0.2) is 4.98 Å². The molecule has 0 radical (unpaired) electrons. The molecule has 0 saturated heterocycles. The van der Waals surface area contributed by atoms with Crippen molar-refractivity contribution in [2.45, 2.75) is 32.6 Å². The van der Waals surface area contributed by atoms with Crippen molar-refractivity contribution in [3.05, 3.63) is 35.7 Å². The lowest BCUT2D eigenvalue weighted by Gasteiger charge is -2.08. The molecule has 4 nitrogen and oxygen atoms in total. The number of hydrogen-bond acceptors (Lipinski definition) is 3. The molecule has 0 saturated carbocycles. The second kappa shape index (κ2) is 5.78.